The summed E-state index contributed by atoms with van der Waals surface area (Å²) in [6.07, 6.45) is -1.59. The van der Waals surface area contributed by atoms with E-state index in [1.807, 2.05) is 75.4 Å². The Morgan fingerprint density at radius 1 is 0.729 bits per heavy atom. The number of aromatic nitrogens is 1. The first-order valence-corrected chi connectivity index (χ1v) is 21.5. The van der Waals surface area contributed by atoms with Crippen molar-refractivity contribution in [1.29, 1.82) is 0 Å². The third-order valence-corrected chi connectivity index (χ3v) is 11.2. The SMILES string of the molecule is CC(C)(C)OC(=O)[C@H](Cc1ccc(OC(C)(C)C)cc1)NC(=O)C(Cc1cc(-c2ccccc2)no1)CP(=O)(O)C(Cc1ccccc1)NC(=O)OCc1ccccc1. The monoisotopic (exact) mass is 823 g/mol. The maximum atomic E-state index is 14.6. The van der Waals surface area contributed by atoms with Crippen molar-refractivity contribution >= 4 is 25.3 Å². The fraction of sp³-hybridized carbons (Fsp3) is 0.348. The Kier molecular flexibility index (Phi) is 14.9. The average Bonchev–Trinajstić information content (AvgIpc) is 3.65. The molecule has 0 aliphatic carbocycles. The molecule has 3 N–H and O–H groups in total. The highest BCUT2D eigenvalue weighted by atomic mass is 31.2. The van der Waals surface area contributed by atoms with Crippen molar-refractivity contribution < 1.29 is 42.6 Å². The Bertz CT molecular complexity index is 2160. The number of nitrogens with zero attached hydrogens (tertiary/aromatic N) is 1. The zero-order valence-electron chi connectivity index (χ0n) is 34.4. The van der Waals surface area contributed by atoms with Gasteiger partial charge in [-0.25, -0.2) is 9.59 Å². The van der Waals surface area contributed by atoms with Crippen molar-refractivity contribution in [3.05, 3.63) is 144 Å². The second-order valence-electron chi connectivity index (χ2n) is 16.5. The number of hydrogen-bond donors (Lipinski definition) is 3. The van der Waals surface area contributed by atoms with Gasteiger partial charge < -0.3 is 34.3 Å². The zero-order chi connectivity index (χ0) is 42.6. The van der Waals surface area contributed by atoms with Crippen LogP contribution in [0.15, 0.2) is 126 Å². The van der Waals surface area contributed by atoms with Gasteiger partial charge in [-0.3, -0.25) is 9.36 Å². The maximum absolute atomic E-state index is 14.6. The van der Waals surface area contributed by atoms with E-state index in [9.17, 15) is 23.8 Å². The number of amides is 2. The van der Waals surface area contributed by atoms with Crippen LogP contribution in [0.4, 0.5) is 4.79 Å². The summed E-state index contributed by atoms with van der Waals surface area (Å²) in [6, 6.07) is 35.0. The van der Waals surface area contributed by atoms with Gasteiger partial charge in [0, 0.05) is 37.1 Å². The van der Waals surface area contributed by atoms with Crippen molar-refractivity contribution in [1.82, 2.24) is 15.8 Å². The third-order valence-electron chi connectivity index (χ3n) is 8.98. The molecule has 0 aliphatic rings. The topological polar surface area (TPSA) is 166 Å². The van der Waals surface area contributed by atoms with Crippen molar-refractivity contribution in [2.45, 2.75) is 90.4 Å². The fourth-order valence-corrected chi connectivity index (χ4v) is 8.24. The summed E-state index contributed by atoms with van der Waals surface area (Å²) in [5, 5.41) is 9.65. The van der Waals surface area contributed by atoms with Gasteiger partial charge in [0.05, 0.1) is 5.92 Å². The summed E-state index contributed by atoms with van der Waals surface area (Å²) in [6.45, 7) is 10.9. The number of esters is 1. The summed E-state index contributed by atoms with van der Waals surface area (Å²) >= 11 is 0. The van der Waals surface area contributed by atoms with Gasteiger partial charge in [-0.2, -0.15) is 0 Å². The molecular weight excluding hydrogens is 769 g/mol. The molecule has 2 amide bonds. The first-order chi connectivity index (χ1) is 27.9. The van der Waals surface area contributed by atoms with Crippen LogP contribution in [0.1, 0.15) is 64.0 Å². The first kappa shape index (κ1) is 44.4. The Labute approximate surface area is 346 Å². The second kappa shape index (κ2) is 19.8. The van der Waals surface area contributed by atoms with Crippen LogP contribution >= 0.6 is 7.37 Å². The number of alkyl carbamates (subject to hydrolysis) is 1. The van der Waals surface area contributed by atoms with E-state index in [4.69, 9.17) is 18.7 Å². The lowest BCUT2D eigenvalue weighted by molar-refractivity contribution is -0.158. The van der Waals surface area contributed by atoms with Gasteiger partial charge in [0.2, 0.25) is 13.3 Å². The van der Waals surface area contributed by atoms with Crippen LogP contribution < -0.4 is 15.4 Å². The van der Waals surface area contributed by atoms with Gasteiger partial charge in [0.1, 0.15) is 46.8 Å². The van der Waals surface area contributed by atoms with Crippen molar-refractivity contribution in [3.63, 3.8) is 0 Å². The van der Waals surface area contributed by atoms with Crippen molar-refractivity contribution in [2.75, 3.05) is 6.16 Å². The predicted octanol–water partition coefficient (Wildman–Crippen LogP) is 8.51. The van der Waals surface area contributed by atoms with E-state index < -0.39 is 60.4 Å². The number of rotatable bonds is 17. The molecular formula is C46H54N3O9P. The zero-order valence-corrected chi connectivity index (χ0v) is 35.3. The minimum atomic E-state index is -4.47. The highest BCUT2D eigenvalue weighted by Crippen LogP contribution is 2.48. The molecule has 0 aliphatic heterocycles. The first-order valence-electron chi connectivity index (χ1n) is 19.6. The number of carbonyl (C=O) groups excluding carboxylic acids is 3. The number of benzene rings is 4. The van der Waals surface area contributed by atoms with Crippen LogP contribution in [0.3, 0.4) is 0 Å². The largest absolute Gasteiger partial charge is 0.488 e. The lowest BCUT2D eigenvalue weighted by Crippen LogP contribution is -2.48. The van der Waals surface area contributed by atoms with Gasteiger partial charge in [-0.1, -0.05) is 108 Å². The number of nitrogens with one attached hydrogen (secondary N) is 2. The van der Waals surface area contributed by atoms with Crippen molar-refractivity contribution in [3.8, 4) is 17.0 Å². The van der Waals surface area contributed by atoms with Gasteiger partial charge in [0.15, 0.2) is 0 Å². The van der Waals surface area contributed by atoms with E-state index in [0.717, 1.165) is 16.7 Å². The van der Waals surface area contributed by atoms with Gasteiger partial charge in [-0.05, 0) is 70.4 Å². The van der Waals surface area contributed by atoms with E-state index in [0.29, 0.717) is 17.0 Å². The number of ether oxygens (including phenoxy) is 3. The third kappa shape index (κ3) is 14.6. The van der Waals surface area contributed by atoms with Crippen LogP contribution in [0.25, 0.3) is 11.3 Å². The van der Waals surface area contributed by atoms with Gasteiger partial charge in [-0.15, -0.1) is 0 Å². The molecule has 0 spiro atoms. The summed E-state index contributed by atoms with van der Waals surface area (Å²) < 4.78 is 37.5. The van der Waals surface area contributed by atoms with Gasteiger partial charge >= 0.3 is 12.1 Å². The molecule has 5 rings (SSSR count). The Hall–Kier alpha value is -5.71. The van der Waals surface area contributed by atoms with Crippen LogP contribution in [0, 0.1) is 5.92 Å². The van der Waals surface area contributed by atoms with Crippen LogP contribution in [0.2, 0.25) is 0 Å². The number of carbonyl (C=O) groups is 3. The van der Waals surface area contributed by atoms with Gasteiger partial charge in [0.25, 0.3) is 0 Å². The normalized spacial score (nSPS) is 14.2. The van der Waals surface area contributed by atoms with Crippen molar-refractivity contribution in [2.24, 2.45) is 5.92 Å². The summed E-state index contributed by atoms with van der Waals surface area (Å²) in [5.41, 5.74) is 2.15. The van der Waals surface area contributed by atoms with E-state index in [-0.39, 0.29) is 31.6 Å². The van der Waals surface area contributed by atoms with E-state index >= 15 is 0 Å². The van der Waals surface area contributed by atoms with Crippen LogP contribution in [-0.2, 0) is 49.5 Å². The molecule has 4 aromatic carbocycles. The molecule has 4 atom stereocenters. The molecule has 0 fully saturated rings. The average molecular weight is 824 g/mol. The Balaban J connectivity index is 1.44. The predicted molar refractivity (Wildman–Crippen MR) is 226 cm³/mol. The summed E-state index contributed by atoms with van der Waals surface area (Å²) in [4.78, 5) is 53.3. The molecule has 1 aromatic heterocycles. The molecule has 0 radical (unpaired) electrons. The second-order valence-corrected chi connectivity index (χ2v) is 19.0. The molecule has 13 heteroatoms. The lowest BCUT2D eigenvalue weighted by atomic mass is 10.0. The standard InChI is InChI=1S/C46H54N3O9P/c1-45(2,3)56-37-24-22-33(23-25-37)26-40(43(51)57-46(4,5)6)47-42(50)36(28-38-29-39(49-58-38)35-20-14-9-15-21-35)31-59(53,54)41(27-32-16-10-7-11-17-32)48-44(52)55-30-34-18-12-8-13-19-34/h7-25,29,36,40-41H,26-28,30-31H2,1-6H3,(H,47,50)(H,48,52)(H,53,54)/t36?,40-,41?/m0/s1. The maximum Gasteiger partial charge on any atom is 0.408 e. The van der Waals surface area contributed by atoms with E-state index in [2.05, 4.69) is 15.8 Å². The lowest BCUT2D eigenvalue weighted by Gasteiger charge is -2.29. The van der Waals surface area contributed by atoms with Crippen LogP contribution in [-0.4, -0.2) is 57.2 Å². The molecule has 0 saturated heterocycles. The van der Waals surface area contributed by atoms with E-state index in [1.165, 1.54) is 0 Å². The quantitative estimate of drug-likeness (QED) is 0.0611. The van der Waals surface area contributed by atoms with E-state index in [1.54, 1.807) is 87.5 Å². The molecule has 312 valence electrons. The van der Waals surface area contributed by atoms with Crippen LogP contribution in [0.5, 0.6) is 5.75 Å². The molecule has 3 unspecified atom stereocenters. The summed E-state index contributed by atoms with van der Waals surface area (Å²) in [7, 11) is -4.47. The Morgan fingerprint density at radius 3 is 1.90 bits per heavy atom. The molecule has 12 nitrogen and oxygen atoms in total. The summed E-state index contributed by atoms with van der Waals surface area (Å²) in [5.74, 6) is -3.01. The molecule has 0 bridgehead atoms. The minimum absolute atomic E-state index is 0.0285. The smallest absolute Gasteiger partial charge is 0.408 e. The Morgan fingerprint density at radius 2 is 1.31 bits per heavy atom. The molecule has 5 aromatic rings. The fourth-order valence-electron chi connectivity index (χ4n) is 6.25. The highest BCUT2D eigenvalue weighted by molar-refractivity contribution is 7.58. The molecule has 0 saturated carbocycles. The molecule has 1 heterocycles. The number of hydrogen-bond acceptors (Lipinski definition) is 9. The minimum Gasteiger partial charge on any atom is -0.488 e. The molecule has 59 heavy (non-hydrogen) atoms. The highest BCUT2D eigenvalue weighted by Gasteiger charge is 2.39.